The van der Waals surface area contributed by atoms with Crippen molar-refractivity contribution in [2.75, 3.05) is 0 Å². The molecule has 0 radical (unpaired) electrons. The van der Waals surface area contributed by atoms with E-state index in [1.54, 1.807) is 12.4 Å². The van der Waals surface area contributed by atoms with Crippen molar-refractivity contribution in [2.45, 2.75) is 18.3 Å². The van der Waals surface area contributed by atoms with Gasteiger partial charge in [0.25, 0.3) is 5.91 Å². The van der Waals surface area contributed by atoms with Crippen LogP contribution in [0.5, 0.6) is 0 Å². The number of amides is 1. The van der Waals surface area contributed by atoms with Crippen molar-refractivity contribution in [1.29, 1.82) is 0 Å². The van der Waals surface area contributed by atoms with Crippen LogP contribution in [0.3, 0.4) is 0 Å². The van der Waals surface area contributed by atoms with Crippen molar-refractivity contribution in [2.24, 2.45) is 0 Å². The SMILES string of the molecule is C[C@H](NC(=O)c1ccc(CBr)cc1)c1ccncc1. The fraction of sp³-hybridized carbons (Fsp3) is 0.200. The van der Waals surface area contributed by atoms with Crippen LogP contribution in [0.1, 0.15) is 34.5 Å². The van der Waals surface area contributed by atoms with E-state index in [0.29, 0.717) is 5.56 Å². The summed E-state index contributed by atoms with van der Waals surface area (Å²) in [5.74, 6) is -0.0644. The Hall–Kier alpha value is -1.68. The zero-order valence-electron chi connectivity index (χ0n) is 10.6. The molecule has 2 rings (SSSR count). The van der Waals surface area contributed by atoms with Crippen LogP contribution >= 0.6 is 15.9 Å². The minimum absolute atomic E-state index is 0.0358. The van der Waals surface area contributed by atoms with Crippen LogP contribution in [-0.2, 0) is 5.33 Å². The molecule has 0 aliphatic heterocycles. The maximum atomic E-state index is 12.1. The molecule has 1 atom stereocenters. The third-order valence-electron chi connectivity index (χ3n) is 2.92. The lowest BCUT2D eigenvalue weighted by atomic mass is 10.1. The van der Waals surface area contributed by atoms with Gasteiger partial charge in [-0.2, -0.15) is 0 Å². The summed E-state index contributed by atoms with van der Waals surface area (Å²) in [7, 11) is 0. The summed E-state index contributed by atoms with van der Waals surface area (Å²) in [4.78, 5) is 16.1. The monoisotopic (exact) mass is 318 g/mol. The predicted octanol–water partition coefficient (Wildman–Crippen LogP) is 3.47. The average Bonchev–Trinajstić information content (AvgIpc) is 2.48. The van der Waals surface area contributed by atoms with Gasteiger partial charge in [0.1, 0.15) is 0 Å². The molecule has 98 valence electrons. The molecule has 1 heterocycles. The highest BCUT2D eigenvalue weighted by molar-refractivity contribution is 9.08. The summed E-state index contributed by atoms with van der Waals surface area (Å²) >= 11 is 3.38. The number of pyridine rings is 1. The Kier molecular flexibility index (Phi) is 4.68. The van der Waals surface area contributed by atoms with Gasteiger partial charge in [0.05, 0.1) is 6.04 Å². The molecule has 3 nitrogen and oxygen atoms in total. The van der Waals surface area contributed by atoms with E-state index in [1.165, 1.54) is 0 Å². The Labute approximate surface area is 121 Å². The molecule has 19 heavy (non-hydrogen) atoms. The molecule has 1 N–H and O–H groups in total. The van der Waals surface area contributed by atoms with Crippen LogP contribution in [0.2, 0.25) is 0 Å². The highest BCUT2D eigenvalue weighted by Crippen LogP contribution is 2.12. The van der Waals surface area contributed by atoms with Gasteiger partial charge in [-0.3, -0.25) is 9.78 Å². The maximum Gasteiger partial charge on any atom is 0.251 e. The van der Waals surface area contributed by atoms with E-state index in [4.69, 9.17) is 0 Å². The fourth-order valence-electron chi connectivity index (χ4n) is 1.76. The lowest BCUT2D eigenvalue weighted by Crippen LogP contribution is -2.26. The summed E-state index contributed by atoms with van der Waals surface area (Å²) in [5.41, 5.74) is 2.87. The predicted molar refractivity (Wildman–Crippen MR) is 79.2 cm³/mol. The highest BCUT2D eigenvalue weighted by Gasteiger charge is 2.10. The number of hydrogen-bond acceptors (Lipinski definition) is 2. The lowest BCUT2D eigenvalue weighted by Gasteiger charge is -2.14. The van der Waals surface area contributed by atoms with E-state index in [1.807, 2.05) is 43.3 Å². The van der Waals surface area contributed by atoms with Gasteiger partial charge in [-0.05, 0) is 42.3 Å². The van der Waals surface area contributed by atoms with Crippen molar-refractivity contribution in [1.82, 2.24) is 10.3 Å². The number of nitrogens with one attached hydrogen (secondary N) is 1. The Morgan fingerprint density at radius 3 is 2.42 bits per heavy atom. The molecule has 4 heteroatoms. The van der Waals surface area contributed by atoms with Crippen LogP contribution < -0.4 is 5.32 Å². The molecule has 1 amide bonds. The number of alkyl halides is 1. The average molecular weight is 319 g/mol. The first kappa shape index (κ1) is 13.7. The molecule has 0 unspecified atom stereocenters. The van der Waals surface area contributed by atoms with E-state index in [-0.39, 0.29) is 11.9 Å². The number of hydrogen-bond donors (Lipinski definition) is 1. The number of nitrogens with zero attached hydrogens (tertiary/aromatic N) is 1. The minimum Gasteiger partial charge on any atom is -0.346 e. The molecule has 0 spiro atoms. The fourth-order valence-corrected chi connectivity index (χ4v) is 2.13. The Morgan fingerprint density at radius 1 is 1.21 bits per heavy atom. The summed E-state index contributed by atoms with van der Waals surface area (Å²) < 4.78 is 0. The van der Waals surface area contributed by atoms with Gasteiger partial charge in [-0.25, -0.2) is 0 Å². The quantitative estimate of drug-likeness (QED) is 0.877. The maximum absolute atomic E-state index is 12.1. The molecular formula is C15H15BrN2O. The van der Waals surface area contributed by atoms with E-state index < -0.39 is 0 Å². The van der Waals surface area contributed by atoms with Crippen molar-refractivity contribution >= 4 is 21.8 Å². The van der Waals surface area contributed by atoms with Gasteiger partial charge in [0.15, 0.2) is 0 Å². The van der Waals surface area contributed by atoms with Gasteiger partial charge in [0.2, 0.25) is 0 Å². The van der Waals surface area contributed by atoms with Crippen LogP contribution in [0, 0.1) is 0 Å². The second-order valence-electron chi connectivity index (χ2n) is 4.31. The van der Waals surface area contributed by atoms with Crippen molar-refractivity contribution in [3.63, 3.8) is 0 Å². The Balaban J connectivity index is 2.04. The summed E-state index contributed by atoms with van der Waals surface area (Å²) in [5, 5.41) is 3.77. The number of carbonyl (C=O) groups is 1. The van der Waals surface area contributed by atoms with Crippen molar-refractivity contribution in [3.05, 3.63) is 65.5 Å². The molecule has 0 aliphatic rings. The van der Waals surface area contributed by atoms with Crippen LogP contribution in [-0.4, -0.2) is 10.9 Å². The van der Waals surface area contributed by atoms with Gasteiger partial charge >= 0.3 is 0 Å². The highest BCUT2D eigenvalue weighted by atomic mass is 79.9. The molecule has 0 bridgehead atoms. The zero-order valence-corrected chi connectivity index (χ0v) is 12.2. The van der Waals surface area contributed by atoms with E-state index in [2.05, 4.69) is 26.2 Å². The standard InChI is InChI=1S/C15H15BrN2O/c1-11(13-6-8-17-9-7-13)18-15(19)14-4-2-12(10-16)3-5-14/h2-9,11H,10H2,1H3,(H,18,19)/t11-/m0/s1. The topological polar surface area (TPSA) is 42.0 Å². The van der Waals surface area contributed by atoms with Crippen molar-refractivity contribution in [3.8, 4) is 0 Å². The summed E-state index contributed by atoms with van der Waals surface area (Å²) in [6, 6.07) is 11.3. The van der Waals surface area contributed by atoms with Gasteiger partial charge in [-0.15, -0.1) is 0 Å². The van der Waals surface area contributed by atoms with Crippen molar-refractivity contribution < 1.29 is 4.79 Å². The lowest BCUT2D eigenvalue weighted by molar-refractivity contribution is 0.0940. The first-order chi connectivity index (χ1) is 9.20. The van der Waals surface area contributed by atoms with Gasteiger partial charge in [-0.1, -0.05) is 28.1 Å². The molecule has 0 fully saturated rings. The molecular weight excluding hydrogens is 304 g/mol. The second kappa shape index (κ2) is 6.48. The first-order valence-corrected chi connectivity index (χ1v) is 7.18. The van der Waals surface area contributed by atoms with Gasteiger partial charge < -0.3 is 5.32 Å². The molecule has 0 saturated heterocycles. The first-order valence-electron chi connectivity index (χ1n) is 6.06. The Bertz CT molecular complexity index is 540. The Morgan fingerprint density at radius 2 is 1.84 bits per heavy atom. The number of rotatable bonds is 4. The third kappa shape index (κ3) is 3.64. The number of carbonyl (C=O) groups excluding carboxylic acids is 1. The summed E-state index contributed by atoms with van der Waals surface area (Å²) in [6.45, 7) is 1.96. The van der Waals surface area contributed by atoms with Crippen LogP contribution in [0.4, 0.5) is 0 Å². The molecule has 0 saturated carbocycles. The van der Waals surface area contributed by atoms with E-state index in [0.717, 1.165) is 16.5 Å². The normalized spacial score (nSPS) is 11.9. The second-order valence-corrected chi connectivity index (χ2v) is 4.87. The third-order valence-corrected chi connectivity index (χ3v) is 3.57. The molecule has 1 aromatic carbocycles. The molecule has 1 aromatic heterocycles. The van der Waals surface area contributed by atoms with E-state index >= 15 is 0 Å². The molecule has 0 aliphatic carbocycles. The number of aromatic nitrogens is 1. The smallest absolute Gasteiger partial charge is 0.251 e. The van der Waals surface area contributed by atoms with E-state index in [9.17, 15) is 4.79 Å². The largest absolute Gasteiger partial charge is 0.346 e. The van der Waals surface area contributed by atoms with Crippen LogP contribution in [0.25, 0.3) is 0 Å². The zero-order chi connectivity index (χ0) is 13.7. The van der Waals surface area contributed by atoms with Crippen LogP contribution in [0.15, 0.2) is 48.8 Å². The number of benzene rings is 1. The molecule has 2 aromatic rings. The minimum atomic E-state index is -0.0644. The number of halogens is 1. The van der Waals surface area contributed by atoms with Gasteiger partial charge in [0, 0.05) is 23.3 Å². The summed E-state index contributed by atoms with van der Waals surface area (Å²) in [6.07, 6.45) is 3.45.